The third-order valence-corrected chi connectivity index (χ3v) is 2.29. The highest BCUT2D eigenvalue weighted by Gasteiger charge is 2.07. The van der Waals surface area contributed by atoms with Gasteiger partial charge in [0.15, 0.2) is 5.75 Å². The molecule has 0 saturated carbocycles. The molecule has 6 heteroatoms. The zero-order chi connectivity index (χ0) is 10.1. The summed E-state index contributed by atoms with van der Waals surface area (Å²) in [6.07, 6.45) is 3.03. The summed E-state index contributed by atoms with van der Waals surface area (Å²) in [6.45, 7) is 0. The van der Waals surface area contributed by atoms with Crippen LogP contribution in [0.5, 0.6) is 5.75 Å². The molecule has 0 aliphatic rings. The molecular formula is C8H5Cl2N3O. The smallest absolute Gasteiger partial charge is 0.152 e. The molecule has 72 valence electrons. The van der Waals surface area contributed by atoms with Crippen molar-refractivity contribution in [3.8, 4) is 11.4 Å². The quantitative estimate of drug-likeness (QED) is 0.817. The second-order valence-electron chi connectivity index (χ2n) is 2.63. The minimum Gasteiger partial charge on any atom is -0.505 e. The Morgan fingerprint density at radius 2 is 1.57 bits per heavy atom. The van der Waals surface area contributed by atoms with Gasteiger partial charge in [0.1, 0.15) is 12.7 Å². The number of nitrogens with zero attached hydrogens (tertiary/aromatic N) is 3. The van der Waals surface area contributed by atoms with Crippen LogP contribution in [-0.4, -0.2) is 19.9 Å². The minimum atomic E-state index is -0.120. The Labute approximate surface area is 89.7 Å². The second kappa shape index (κ2) is 3.48. The van der Waals surface area contributed by atoms with Gasteiger partial charge in [0, 0.05) is 0 Å². The lowest BCUT2D eigenvalue weighted by Crippen LogP contribution is -1.90. The van der Waals surface area contributed by atoms with E-state index in [1.165, 1.54) is 12.7 Å². The van der Waals surface area contributed by atoms with Gasteiger partial charge in [0.25, 0.3) is 0 Å². The van der Waals surface area contributed by atoms with Crippen molar-refractivity contribution in [3.63, 3.8) is 0 Å². The van der Waals surface area contributed by atoms with E-state index in [2.05, 4.69) is 10.2 Å². The lowest BCUT2D eigenvalue weighted by molar-refractivity contribution is 0.476. The highest BCUT2D eigenvalue weighted by Crippen LogP contribution is 2.33. The van der Waals surface area contributed by atoms with E-state index in [1.807, 2.05) is 0 Å². The molecule has 0 spiro atoms. The number of phenols is 1. The first-order valence-electron chi connectivity index (χ1n) is 3.71. The third kappa shape index (κ3) is 1.54. The fraction of sp³-hybridized carbons (Fsp3) is 0. The van der Waals surface area contributed by atoms with E-state index in [0.29, 0.717) is 5.69 Å². The van der Waals surface area contributed by atoms with E-state index in [9.17, 15) is 5.11 Å². The molecule has 2 rings (SSSR count). The highest BCUT2D eigenvalue weighted by molar-refractivity contribution is 6.37. The van der Waals surface area contributed by atoms with Crippen LogP contribution in [-0.2, 0) is 0 Å². The Hall–Kier alpha value is -1.26. The Bertz CT molecular complexity index is 433. The average Bonchev–Trinajstić information content (AvgIpc) is 2.66. The van der Waals surface area contributed by atoms with Gasteiger partial charge in [-0.25, -0.2) is 0 Å². The number of rotatable bonds is 1. The molecule has 0 amide bonds. The molecule has 4 nitrogen and oxygen atoms in total. The molecule has 0 bridgehead atoms. The summed E-state index contributed by atoms with van der Waals surface area (Å²) >= 11 is 11.5. The number of aromatic hydroxyl groups is 1. The van der Waals surface area contributed by atoms with Crippen LogP contribution < -0.4 is 0 Å². The summed E-state index contributed by atoms with van der Waals surface area (Å²) in [5, 5.41) is 17.0. The van der Waals surface area contributed by atoms with E-state index < -0.39 is 0 Å². The van der Waals surface area contributed by atoms with Gasteiger partial charge in [-0.3, -0.25) is 4.57 Å². The maximum Gasteiger partial charge on any atom is 0.152 e. The van der Waals surface area contributed by atoms with E-state index >= 15 is 0 Å². The van der Waals surface area contributed by atoms with Gasteiger partial charge < -0.3 is 5.11 Å². The monoisotopic (exact) mass is 229 g/mol. The first-order chi connectivity index (χ1) is 6.68. The van der Waals surface area contributed by atoms with Crippen molar-refractivity contribution in [1.29, 1.82) is 0 Å². The van der Waals surface area contributed by atoms with Gasteiger partial charge in [-0.05, 0) is 12.1 Å². The zero-order valence-electron chi connectivity index (χ0n) is 6.85. The number of hydrogen-bond acceptors (Lipinski definition) is 3. The van der Waals surface area contributed by atoms with Crippen molar-refractivity contribution in [2.45, 2.75) is 0 Å². The summed E-state index contributed by atoms with van der Waals surface area (Å²) in [6, 6.07) is 3.15. The molecule has 0 radical (unpaired) electrons. The van der Waals surface area contributed by atoms with Crippen LogP contribution in [0.2, 0.25) is 10.0 Å². The van der Waals surface area contributed by atoms with Crippen molar-refractivity contribution in [1.82, 2.24) is 14.8 Å². The fourth-order valence-electron chi connectivity index (χ4n) is 1.04. The van der Waals surface area contributed by atoms with Crippen LogP contribution in [0.1, 0.15) is 0 Å². The van der Waals surface area contributed by atoms with E-state index in [0.717, 1.165) is 0 Å². The lowest BCUT2D eigenvalue weighted by Gasteiger charge is -2.04. The number of hydrogen-bond donors (Lipinski definition) is 1. The number of aromatic nitrogens is 3. The van der Waals surface area contributed by atoms with Crippen molar-refractivity contribution in [2.75, 3.05) is 0 Å². The minimum absolute atomic E-state index is 0.120. The van der Waals surface area contributed by atoms with Crippen LogP contribution >= 0.6 is 23.2 Å². The van der Waals surface area contributed by atoms with Crippen LogP contribution in [0.15, 0.2) is 24.8 Å². The van der Waals surface area contributed by atoms with Gasteiger partial charge in [-0.2, -0.15) is 0 Å². The Morgan fingerprint density at radius 1 is 1.07 bits per heavy atom. The summed E-state index contributed by atoms with van der Waals surface area (Å²) in [5.74, 6) is -0.120. The van der Waals surface area contributed by atoms with E-state index in [-0.39, 0.29) is 15.8 Å². The predicted molar refractivity (Wildman–Crippen MR) is 53.0 cm³/mol. The molecule has 0 unspecified atom stereocenters. The third-order valence-electron chi connectivity index (χ3n) is 1.72. The number of phenolic OH excluding ortho intramolecular Hbond substituents is 1. The summed E-state index contributed by atoms with van der Waals surface area (Å²) < 4.78 is 1.64. The Kier molecular flexibility index (Phi) is 2.31. The predicted octanol–water partition coefficient (Wildman–Crippen LogP) is 2.28. The molecule has 0 aliphatic carbocycles. The SMILES string of the molecule is Oc1c(Cl)cc(-n2cnnc2)cc1Cl. The molecular weight excluding hydrogens is 225 g/mol. The van der Waals surface area contributed by atoms with Crippen LogP contribution in [0.3, 0.4) is 0 Å². The van der Waals surface area contributed by atoms with Gasteiger partial charge >= 0.3 is 0 Å². The van der Waals surface area contributed by atoms with Gasteiger partial charge in [0.2, 0.25) is 0 Å². The van der Waals surface area contributed by atoms with Gasteiger partial charge in [-0.15, -0.1) is 10.2 Å². The normalized spacial score (nSPS) is 10.4. The molecule has 0 atom stereocenters. The van der Waals surface area contributed by atoms with Crippen molar-refractivity contribution < 1.29 is 5.11 Å². The molecule has 2 aromatic rings. The second-order valence-corrected chi connectivity index (χ2v) is 3.44. The molecule has 1 N–H and O–H groups in total. The lowest BCUT2D eigenvalue weighted by atomic mass is 10.3. The summed E-state index contributed by atoms with van der Waals surface area (Å²) in [7, 11) is 0. The average molecular weight is 230 g/mol. The number of halogens is 2. The molecule has 0 saturated heterocycles. The highest BCUT2D eigenvalue weighted by atomic mass is 35.5. The molecule has 0 fully saturated rings. The van der Waals surface area contributed by atoms with Crippen molar-refractivity contribution >= 4 is 23.2 Å². The molecule has 1 heterocycles. The largest absolute Gasteiger partial charge is 0.505 e. The topological polar surface area (TPSA) is 50.9 Å². The van der Waals surface area contributed by atoms with Crippen molar-refractivity contribution in [3.05, 3.63) is 34.8 Å². The maximum atomic E-state index is 9.32. The van der Waals surface area contributed by atoms with Crippen LogP contribution in [0.25, 0.3) is 5.69 Å². The summed E-state index contributed by atoms with van der Waals surface area (Å²) in [4.78, 5) is 0. The van der Waals surface area contributed by atoms with Crippen molar-refractivity contribution in [2.24, 2.45) is 0 Å². The maximum absolute atomic E-state index is 9.32. The summed E-state index contributed by atoms with van der Waals surface area (Å²) in [5.41, 5.74) is 0.697. The van der Waals surface area contributed by atoms with Gasteiger partial charge in [0.05, 0.1) is 15.7 Å². The van der Waals surface area contributed by atoms with E-state index in [4.69, 9.17) is 23.2 Å². The first-order valence-corrected chi connectivity index (χ1v) is 4.47. The molecule has 14 heavy (non-hydrogen) atoms. The van der Waals surface area contributed by atoms with Crippen LogP contribution in [0, 0.1) is 0 Å². The van der Waals surface area contributed by atoms with Crippen LogP contribution in [0.4, 0.5) is 0 Å². The fourth-order valence-corrected chi connectivity index (χ4v) is 1.51. The molecule has 0 aliphatic heterocycles. The molecule has 1 aromatic carbocycles. The van der Waals surface area contributed by atoms with E-state index in [1.54, 1.807) is 16.7 Å². The Morgan fingerprint density at radius 3 is 2.07 bits per heavy atom. The standard InChI is InChI=1S/C8H5Cl2N3O/c9-6-1-5(2-7(10)8(6)14)13-3-11-12-4-13/h1-4,14H. The first kappa shape index (κ1) is 9.30. The zero-order valence-corrected chi connectivity index (χ0v) is 8.37. The molecule has 1 aromatic heterocycles. The number of benzene rings is 1. The Balaban J connectivity index is 2.57. The van der Waals surface area contributed by atoms with Gasteiger partial charge in [-0.1, -0.05) is 23.2 Å².